The number of benzene rings is 1. The molecule has 1 saturated heterocycles. The summed E-state index contributed by atoms with van der Waals surface area (Å²) in [5.74, 6) is -2.36. The molecule has 1 fully saturated rings. The first-order chi connectivity index (χ1) is 12.0. The molecule has 144 valence electrons. The van der Waals surface area contributed by atoms with E-state index in [-0.39, 0.29) is 37.8 Å². The van der Waals surface area contributed by atoms with Crippen LogP contribution in [0.1, 0.15) is 37.8 Å². The Bertz CT molecular complexity index is 646. The van der Waals surface area contributed by atoms with Gasteiger partial charge in [0.15, 0.2) is 0 Å². The van der Waals surface area contributed by atoms with Crippen molar-refractivity contribution < 1.29 is 22.8 Å². The van der Waals surface area contributed by atoms with E-state index in [4.69, 9.17) is 0 Å². The van der Waals surface area contributed by atoms with E-state index in [1.165, 1.54) is 0 Å². The molecule has 0 atom stereocenters. The SMILES string of the molecule is Cc1ccc(CC(C)(C)NC(=O)C2CCN(C(=O)C(F)(F)F)CC2)cc1. The van der Waals surface area contributed by atoms with E-state index in [0.717, 1.165) is 16.0 Å². The normalized spacial score (nSPS) is 16.5. The second kappa shape index (κ2) is 7.68. The van der Waals surface area contributed by atoms with Crippen LogP contribution in [0.15, 0.2) is 24.3 Å². The van der Waals surface area contributed by atoms with Gasteiger partial charge in [0.05, 0.1) is 0 Å². The van der Waals surface area contributed by atoms with Gasteiger partial charge in [-0.05, 0) is 45.6 Å². The monoisotopic (exact) mass is 370 g/mol. The van der Waals surface area contributed by atoms with Crippen molar-refractivity contribution in [1.29, 1.82) is 0 Å². The highest BCUT2D eigenvalue weighted by Crippen LogP contribution is 2.24. The third-order valence-electron chi connectivity index (χ3n) is 4.62. The lowest BCUT2D eigenvalue weighted by Gasteiger charge is -2.34. The molecule has 2 rings (SSSR count). The van der Waals surface area contributed by atoms with E-state index >= 15 is 0 Å². The standard InChI is InChI=1S/C19H25F3N2O2/c1-13-4-6-14(7-5-13)12-18(2,3)23-16(25)15-8-10-24(11-9-15)17(26)19(20,21)22/h4-7,15H,8-12H2,1-3H3,(H,23,25). The predicted octanol–water partition coefficient (Wildman–Crippen LogP) is 3.23. The molecule has 1 N–H and O–H groups in total. The highest BCUT2D eigenvalue weighted by molar-refractivity contribution is 5.83. The molecule has 0 bridgehead atoms. The number of halogens is 3. The fourth-order valence-electron chi connectivity index (χ4n) is 3.22. The lowest BCUT2D eigenvalue weighted by Crippen LogP contribution is -2.51. The highest BCUT2D eigenvalue weighted by atomic mass is 19.4. The first-order valence-corrected chi connectivity index (χ1v) is 8.71. The summed E-state index contributed by atoms with van der Waals surface area (Å²) in [6.07, 6.45) is -3.71. The average Bonchev–Trinajstić information content (AvgIpc) is 2.55. The van der Waals surface area contributed by atoms with E-state index in [9.17, 15) is 22.8 Å². The molecule has 0 unspecified atom stereocenters. The Balaban J connectivity index is 1.88. The lowest BCUT2D eigenvalue weighted by molar-refractivity contribution is -0.186. The second-order valence-corrected chi connectivity index (χ2v) is 7.60. The molecule has 0 radical (unpaired) electrons. The minimum Gasteiger partial charge on any atom is -0.351 e. The maximum atomic E-state index is 12.5. The topological polar surface area (TPSA) is 49.4 Å². The van der Waals surface area contributed by atoms with Crippen LogP contribution in [0.2, 0.25) is 0 Å². The Morgan fingerprint density at radius 1 is 1.12 bits per heavy atom. The third-order valence-corrected chi connectivity index (χ3v) is 4.62. The summed E-state index contributed by atoms with van der Waals surface area (Å²) in [7, 11) is 0. The number of rotatable bonds is 4. The van der Waals surface area contributed by atoms with Gasteiger partial charge in [-0.25, -0.2) is 0 Å². The van der Waals surface area contributed by atoms with Gasteiger partial charge in [-0.3, -0.25) is 9.59 Å². The van der Waals surface area contributed by atoms with Crippen LogP contribution in [0.25, 0.3) is 0 Å². The lowest BCUT2D eigenvalue weighted by atomic mass is 9.91. The number of hydrogen-bond donors (Lipinski definition) is 1. The molecule has 1 heterocycles. The molecule has 0 aliphatic carbocycles. The summed E-state index contributed by atoms with van der Waals surface area (Å²) in [4.78, 5) is 24.5. The Labute approximate surface area is 151 Å². The maximum Gasteiger partial charge on any atom is 0.471 e. The minimum absolute atomic E-state index is 0.0468. The Kier molecular flexibility index (Phi) is 5.98. The molecule has 1 aliphatic heterocycles. The van der Waals surface area contributed by atoms with Crippen LogP contribution >= 0.6 is 0 Å². The number of alkyl halides is 3. The number of aryl methyl sites for hydroxylation is 1. The fraction of sp³-hybridized carbons (Fsp3) is 0.579. The van der Waals surface area contributed by atoms with Crippen molar-refractivity contribution in [2.45, 2.75) is 51.7 Å². The number of carbonyl (C=O) groups is 2. The molecule has 4 nitrogen and oxygen atoms in total. The van der Waals surface area contributed by atoms with Gasteiger partial charge in [0, 0.05) is 24.5 Å². The predicted molar refractivity (Wildman–Crippen MR) is 92.5 cm³/mol. The van der Waals surface area contributed by atoms with Crippen molar-refractivity contribution in [3.8, 4) is 0 Å². The Hall–Kier alpha value is -2.05. The molecule has 2 amide bonds. The zero-order chi connectivity index (χ0) is 19.5. The second-order valence-electron chi connectivity index (χ2n) is 7.60. The highest BCUT2D eigenvalue weighted by Gasteiger charge is 2.43. The first kappa shape index (κ1) is 20.3. The van der Waals surface area contributed by atoms with Crippen molar-refractivity contribution in [2.75, 3.05) is 13.1 Å². The van der Waals surface area contributed by atoms with Crippen LogP contribution in [0.3, 0.4) is 0 Å². The number of hydrogen-bond acceptors (Lipinski definition) is 2. The number of carbonyl (C=O) groups excluding carboxylic acids is 2. The van der Waals surface area contributed by atoms with Crippen molar-refractivity contribution >= 4 is 11.8 Å². The molecule has 26 heavy (non-hydrogen) atoms. The van der Waals surface area contributed by atoms with Crippen LogP contribution in [0.5, 0.6) is 0 Å². The van der Waals surface area contributed by atoms with Crippen molar-refractivity contribution in [3.63, 3.8) is 0 Å². The first-order valence-electron chi connectivity index (χ1n) is 8.71. The van der Waals surface area contributed by atoms with E-state index in [0.29, 0.717) is 6.42 Å². The van der Waals surface area contributed by atoms with Gasteiger partial charge >= 0.3 is 12.1 Å². The molecule has 0 spiro atoms. The van der Waals surface area contributed by atoms with Crippen LogP contribution in [0, 0.1) is 12.8 Å². The molecular weight excluding hydrogens is 345 g/mol. The summed E-state index contributed by atoms with van der Waals surface area (Å²) < 4.78 is 37.4. The largest absolute Gasteiger partial charge is 0.471 e. The smallest absolute Gasteiger partial charge is 0.351 e. The van der Waals surface area contributed by atoms with Crippen LogP contribution in [-0.2, 0) is 16.0 Å². The Morgan fingerprint density at radius 3 is 2.15 bits per heavy atom. The molecule has 1 aromatic carbocycles. The van der Waals surface area contributed by atoms with Gasteiger partial charge in [0.2, 0.25) is 5.91 Å². The zero-order valence-electron chi connectivity index (χ0n) is 15.3. The van der Waals surface area contributed by atoms with Crippen molar-refractivity contribution in [1.82, 2.24) is 10.2 Å². The quantitative estimate of drug-likeness (QED) is 0.885. The van der Waals surface area contributed by atoms with Gasteiger partial charge in [-0.2, -0.15) is 13.2 Å². The molecular formula is C19H25F3N2O2. The van der Waals surface area contributed by atoms with Gasteiger partial charge in [-0.15, -0.1) is 0 Å². The average molecular weight is 370 g/mol. The summed E-state index contributed by atoms with van der Waals surface area (Å²) in [6.45, 7) is 5.76. The van der Waals surface area contributed by atoms with Crippen LogP contribution < -0.4 is 5.32 Å². The number of likely N-dealkylation sites (tertiary alicyclic amines) is 1. The summed E-state index contributed by atoms with van der Waals surface area (Å²) in [6, 6.07) is 8.07. The van der Waals surface area contributed by atoms with E-state index in [1.54, 1.807) is 0 Å². The molecule has 7 heteroatoms. The van der Waals surface area contributed by atoms with E-state index in [2.05, 4.69) is 5.32 Å². The van der Waals surface area contributed by atoms with Crippen LogP contribution in [0.4, 0.5) is 13.2 Å². The maximum absolute atomic E-state index is 12.5. The van der Waals surface area contributed by atoms with E-state index < -0.39 is 17.6 Å². The number of nitrogens with zero attached hydrogens (tertiary/aromatic N) is 1. The van der Waals surface area contributed by atoms with Crippen molar-refractivity contribution in [3.05, 3.63) is 35.4 Å². The van der Waals surface area contributed by atoms with E-state index in [1.807, 2.05) is 45.0 Å². The van der Waals surface area contributed by atoms with Crippen molar-refractivity contribution in [2.24, 2.45) is 5.92 Å². The third kappa shape index (κ3) is 5.47. The zero-order valence-corrected chi connectivity index (χ0v) is 15.3. The molecule has 0 aromatic heterocycles. The Morgan fingerprint density at radius 2 is 1.65 bits per heavy atom. The number of piperidine rings is 1. The minimum atomic E-state index is -4.86. The summed E-state index contributed by atoms with van der Waals surface area (Å²) >= 11 is 0. The van der Waals surface area contributed by atoms with Gasteiger partial charge in [0.25, 0.3) is 0 Å². The van der Waals surface area contributed by atoms with Gasteiger partial charge in [-0.1, -0.05) is 29.8 Å². The summed E-state index contributed by atoms with van der Waals surface area (Å²) in [5.41, 5.74) is 1.80. The van der Waals surface area contributed by atoms with Gasteiger partial charge in [0.1, 0.15) is 0 Å². The molecule has 1 aromatic rings. The van der Waals surface area contributed by atoms with Gasteiger partial charge < -0.3 is 10.2 Å². The van der Waals surface area contributed by atoms with Crippen LogP contribution in [-0.4, -0.2) is 41.5 Å². The number of nitrogens with one attached hydrogen (secondary N) is 1. The molecule has 1 aliphatic rings. The molecule has 0 saturated carbocycles. The fourth-order valence-corrected chi connectivity index (χ4v) is 3.22. The summed E-state index contributed by atoms with van der Waals surface area (Å²) in [5, 5.41) is 3.00. The number of amides is 2.